The Morgan fingerprint density at radius 3 is 1.75 bits per heavy atom. The summed E-state index contributed by atoms with van der Waals surface area (Å²) in [6, 6.07) is 15.8. The van der Waals surface area contributed by atoms with Gasteiger partial charge in [0.1, 0.15) is 0 Å². The Morgan fingerprint density at radius 2 is 1.30 bits per heavy atom. The fourth-order valence-corrected chi connectivity index (χ4v) is 2.83. The lowest BCUT2D eigenvalue weighted by molar-refractivity contribution is 0.682. The number of hydrogen-bond acceptors (Lipinski definition) is 1. The average molecular weight is 267 g/mol. The first kappa shape index (κ1) is 14.8. The van der Waals surface area contributed by atoms with Crippen molar-refractivity contribution in [3.05, 3.63) is 70.3 Å². The Balaban J connectivity index is 2.42. The third-order valence-corrected chi connectivity index (χ3v) is 4.06. The summed E-state index contributed by atoms with van der Waals surface area (Å²) in [4.78, 5) is 0. The molecule has 20 heavy (non-hydrogen) atoms. The van der Waals surface area contributed by atoms with Crippen LogP contribution in [0.25, 0.3) is 0 Å². The minimum absolute atomic E-state index is 0.261. The van der Waals surface area contributed by atoms with Crippen molar-refractivity contribution in [1.29, 1.82) is 0 Å². The van der Waals surface area contributed by atoms with Gasteiger partial charge in [-0.1, -0.05) is 56.3 Å². The summed E-state index contributed by atoms with van der Waals surface area (Å²) in [5.74, 6) is 0.581. The zero-order valence-corrected chi connectivity index (χ0v) is 13.2. The summed E-state index contributed by atoms with van der Waals surface area (Å²) in [7, 11) is 2.03. The molecule has 0 amide bonds. The number of nitrogens with one attached hydrogen (secondary N) is 1. The van der Waals surface area contributed by atoms with Crippen LogP contribution in [-0.4, -0.2) is 7.05 Å². The molecule has 0 spiro atoms. The van der Waals surface area contributed by atoms with Gasteiger partial charge in [-0.25, -0.2) is 0 Å². The van der Waals surface area contributed by atoms with E-state index in [1.54, 1.807) is 0 Å². The van der Waals surface area contributed by atoms with Crippen LogP contribution in [-0.2, 0) is 0 Å². The van der Waals surface area contributed by atoms with Crippen LogP contribution >= 0.6 is 0 Å². The lowest BCUT2D eigenvalue weighted by atomic mass is 9.90. The van der Waals surface area contributed by atoms with Gasteiger partial charge in [0.2, 0.25) is 0 Å². The third-order valence-electron chi connectivity index (χ3n) is 4.06. The molecule has 0 heterocycles. The van der Waals surface area contributed by atoms with E-state index in [1.165, 1.54) is 27.8 Å². The van der Waals surface area contributed by atoms with E-state index in [4.69, 9.17) is 0 Å². The smallest absolute Gasteiger partial charge is 0.0579 e. The van der Waals surface area contributed by atoms with Crippen LogP contribution in [0.4, 0.5) is 0 Å². The van der Waals surface area contributed by atoms with Gasteiger partial charge in [0.25, 0.3) is 0 Å². The molecule has 0 fully saturated rings. The summed E-state index contributed by atoms with van der Waals surface area (Å²) in [5, 5.41) is 3.46. The van der Waals surface area contributed by atoms with Gasteiger partial charge in [-0.3, -0.25) is 0 Å². The SMILES string of the molecule is CNC(c1ccc(C(C)C)cc1)c1c(C)cccc1C. The molecule has 0 aliphatic carbocycles. The van der Waals surface area contributed by atoms with Crippen molar-refractivity contribution < 1.29 is 0 Å². The van der Waals surface area contributed by atoms with Gasteiger partial charge in [-0.15, -0.1) is 0 Å². The second kappa shape index (κ2) is 6.23. The predicted molar refractivity (Wildman–Crippen MR) is 87.3 cm³/mol. The van der Waals surface area contributed by atoms with Crippen molar-refractivity contribution in [1.82, 2.24) is 5.32 Å². The van der Waals surface area contributed by atoms with Gasteiger partial charge in [0.15, 0.2) is 0 Å². The van der Waals surface area contributed by atoms with Crippen molar-refractivity contribution in [3.8, 4) is 0 Å². The summed E-state index contributed by atoms with van der Waals surface area (Å²) in [6.45, 7) is 8.84. The van der Waals surface area contributed by atoms with E-state index in [0.717, 1.165) is 0 Å². The molecule has 1 N–H and O–H groups in total. The highest BCUT2D eigenvalue weighted by Crippen LogP contribution is 2.28. The molecular weight excluding hydrogens is 242 g/mol. The number of hydrogen-bond donors (Lipinski definition) is 1. The molecule has 2 aromatic rings. The van der Waals surface area contributed by atoms with E-state index >= 15 is 0 Å². The lowest BCUT2D eigenvalue weighted by Gasteiger charge is -2.22. The van der Waals surface area contributed by atoms with E-state index in [-0.39, 0.29) is 6.04 Å². The van der Waals surface area contributed by atoms with Crippen LogP contribution in [0.15, 0.2) is 42.5 Å². The first-order chi connectivity index (χ1) is 9.54. The van der Waals surface area contributed by atoms with E-state index in [2.05, 4.69) is 75.5 Å². The summed E-state index contributed by atoms with van der Waals surface area (Å²) >= 11 is 0. The van der Waals surface area contributed by atoms with Gasteiger partial charge in [-0.2, -0.15) is 0 Å². The highest BCUT2D eigenvalue weighted by atomic mass is 14.9. The molecule has 0 aromatic heterocycles. The molecule has 0 aliphatic heterocycles. The molecule has 0 bridgehead atoms. The van der Waals surface area contributed by atoms with Crippen molar-refractivity contribution in [2.75, 3.05) is 7.05 Å². The predicted octanol–water partition coefficient (Wildman–Crippen LogP) is 4.74. The minimum Gasteiger partial charge on any atom is -0.309 e. The van der Waals surface area contributed by atoms with Crippen LogP contribution in [0.3, 0.4) is 0 Å². The van der Waals surface area contributed by atoms with Crippen LogP contribution in [0.5, 0.6) is 0 Å². The van der Waals surface area contributed by atoms with Crippen molar-refractivity contribution in [2.24, 2.45) is 0 Å². The average Bonchev–Trinajstić information content (AvgIpc) is 2.43. The maximum Gasteiger partial charge on any atom is 0.0579 e. The molecule has 0 saturated heterocycles. The molecule has 0 aliphatic rings. The van der Waals surface area contributed by atoms with Gasteiger partial charge in [-0.05, 0) is 54.6 Å². The first-order valence-corrected chi connectivity index (χ1v) is 7.37. The van der Waals surface area contributed by atoms with Crippen molar-refractivity contribution in [2.45, 2.75) is 39.7 Å². The number of aryl methyl sites for hydroxylation is 2. The Morgan fingerprint density at radius 1 is 0.800 bits per heavy atom. The van der Waals surface area contributed by atoms with E-state index < -0.39 is 0 Å². The third kappa shape index (κ3) is 2.94. The normalized spacial score (nSPS) is 12.7. The van der Waals surface area contributed by atoms with Crippen LogP contribution in [0.2, 0.25) is 0 Å². The van der Waals surface area contributed by atoms with Crippen molar-refractivity contribution in [3.63, 3.8) is 0 Å². The lowest BCUT2D eigenvalue weighted by Crippen LogP contribution is -2.19. The molecule has 0 radical (unpaired) electrons. The number of rotatable bonds is 4. The van der Waals surface area contributed by atoms with Gasteiger partial charge in [0.05, 0.1) is 6.04 Å². The maximum absolute atomic E-state index is 3.46. The topological polar surface area (TPSA) is 12.0 Å². The molecule has 1 unspecified atom stereocenters. The molecule has 1 atom stereocenters. The molecule has 1 heteroatoms. The van der Waals surface area contributed by atoms with E-state index in [1.807, 2.05) is 7.05 Å². The summed E-state index contributed by atoms with van der Waals surface area (Å²) < 4.78 is 0. The Bertz CT molecular complexity index is 547. The van der Waals surface area contributed by atoms with Gasteiger partial charge >= 0.3 is 0 Å². The van der Waals surface area contributed by atoms with Gasteiger partial charge in [0, 0.05) is 0 Å². The molecular formula is C19H25N. The summed E-state index contributed by atoms with van der Waals surface area (Å²) in [5.41, 5.74) is 6.81. The second-order valence-electron chi connectivity index (χ2n) is 5.85. The zero-order valence-electron chi connectivity index (χ0n) is 13.2. The summed E-state index contributed by atoms with van der Waals surface area (Å²) in [6.07, 6.45) is 0. The quantitative estimate of drug-likeness (QED) is 0.844. The second-order valence-corrected chi connectivity index (χ2v) is 5.85. The largest absolute Gasteiger partial charge is 0.309 e. The zero-order chi connectivity index (χ0) is 14.7. The Labute approximate surface area is 123 Å². The highest BCUT2D eigenvalue weighted by molar-refractivity contribution is 5.42. The van der Waals surface area contributed by atoms with Crippen molar-refractivity contribution >= 4 is 0 Å². The molecule has 0 saturated carbocycles. The van der Waals surface area contributed by atoms with E-state index in [0.29, 0.717) is 5.92 Å². The molecule has 1 nitrogen and oxygen atoms in total. The fraction of sp³-hybridized carbons (Fsp3) is 0.368. The molecule has 2 rings (SSSR count). The minimum atomic E-state index is 0.261. The monoisotopic (exact) mass is 267 g/mol. The number of benzene rings is 2. The first-order valence-electron chi connectivity index (χ1n) is 7.37. The van der Waals surface area contributed by atoms with Crippen LogP contribution in [0, 0.1) is 13.8 Å². The highest BCUT2D eigenvalue weighted by Gasteiger charge is 2.16. The van der Waals surface area contributed by atoms with Gasteiger partial charge < -0.3 is 5.32 Å². The van der Waals surface area contributed by atoms with E-state index in [9.17, 15) is 0 Å². The Hall–Kier alpha value is -1.60. The molecule has 2 aromatic carbocycles. The van der Waals surface area contributed by atoms with Crippen LogP contribution < -0.4 is 5.32 Å². The fourth-order valence-electron chi connectivity index (χ4n) is 2.83. The van der Waals surface area contributed by atoms with Crippen LogP contribution in [0.1, 0.15) is 53.6 Å². The Kier molecular flexibility index (Phi) is 4.61. The molecule has 106 valence electrons. The standard InChI is InChI=1S/C19H25N/c1-13(2)16-9-11-17(12-10-16)19(20-5)18-14(3)7-6-8-15(18)4/h6-13,19-20H,1-5H3. The maximum atomic E-state index is 3.46.